The molecule has 1 aromatic rings. The number of carbonyl (C=O) groups is 1. The number of nitrogen functional groups attached to an aromatic ring is 1. The molecule has 0 aliphatic carbocycles. The van der Waals surface area contributed by atoms with Gasteiger partial charge in [0, 0.05) is 6.20 Å². The van der Waals surface area contributed by atoms with Crippen molar-refractivity contribution < 1.29 is 4.79 Å². The largest absolute Gasteiger partial charge is 0.396 e. The maximum absolute atomic E-state index is 11.7. The Hall–Kier alpha value is -1.23. The molecule has 80 valence electrons. The molecule has 1 amide bonds. The second-order valence-electron chi connectivity index (χ2n) is 3.43. The van der Waals surface area contributed by atoms with Crippen molar-refractivity contribution in [3.8, 4) is 0 Å². The third-order valence-corrected chi connectivity index (χ3v) is 3.68. The second kappa shape index (κ2) is 4.53. The maximum atomic E-state index is 11.7. The number of amides is 1. The van der Waals surface area contributed by atoms with Gasteiger partial charge >= 0.3 is 0 Å². The first-order valence-electron chi connectivity index (χ1n) is 4.90. The van der Waals surface area contributed by atoms with Gasteiger partial charge in [0.05, 0.1) is 10.9 Å². The zero-order chi connectivity index (χ0) is 10.7. The molecule has 5 heteroatoms. The molecule has 0 aromatic carbocycles. The van der Waals surface area contributed by atoms with E-state index in [1.54, 1.807) is 30.1 Å². The average Bonchev–Trinajstić information content (AvgIpc) is 2.74. The number of aromatic nitrogens is 1. The Morgan fingerprint density at radius 3 is 3.20 bits per heavy atom. The molecule has 2 heterocycles. The molecule has 0 bridgehead atoms. The molecule has 1 fully saturated rings. The van der Waals surface area contributed by atoms with Gasteiger partial charge in [0.25, 0.3) is 0 Å². The molecule has 1 saturated heterocycles. The van der Waals surface area contributed by atoms with Gasteiger partial charge in [-0.2, -0.15) is 0 Å². The molecule has 1 aliphatic heterocycles. The van der Waals surface area contributed by atoms with E-state index in [0.29, 0.717) is 11.5 Å². The number of carbonyl (C=O) groups excluding carboxylic acids is 1. The quantitative estimate of drug-likeness (QED) is 0.797. The lowest BCUT2D eigenvalue weighted by molar-refractivity contribution is -0.115. The normalized spacial score (nSPS) is 20.1. The molecule has 0 spiro atoms. The molecular weight excluding hydrogens is 210 g/mol. The van der Waals surface area contributed by atoms with Crippen molar-refractivity contribution in [1.82, 2.24) is 4.98 Å². The van der Waals surface area contributed by atoms with E-state index in [4.69, 9.17) is 5.73 Å². The maximum Gasteiger partial charge on any atom is 0.238 e. The van der Waals surface area contributed by atoms with Gasteiger partial charge in [-0.05, 0) is 30.7 Å². The Labute approximate surface area is 92.6 Å². The fraction of sp³-hybridized carbons (Fsp3) is 0.400. The number of hydrogen-bond donors (Lipinski definition) is 2. The predicted octanol–water partition coefficient (Wildman–Crippen LogP) is 1.50. The topological polar surface area (TPSA) is 68.0 Å². The van der Waals surface area contributed by atoms with Crippen LogP contribution in [0.25, 0.3) is 0 Å². The number of anilines is 2. The standard InChI is InChI=1S/C10H13N3OS/c11-7-3-1-5-12-9(7)13-10(14)8-4-2-6-15-8/h1,3,5,8H,2,4,6,11H2,(H,12,13,14). The predicted molar refractivity (Wildman–Crippen MR) is 62.8 cm³/mol. The molecule has 1 unspecified atom stereocenters. The third-order valence-electron chi connectivity index (χ3n) is 2.30. The number of pyridine rings is 1. The summed E-state index contributed by atoms with van der Waals surface area (Å²) in [5, 5.41) is 2.82. The van der Waals surface area contributed by atoms with Crippen molar-refractivity contribution in [2.75, 3.05) is 16.8 Å². The number of hydrogen-bond acceptors (Lipinski definition) is 4. The molecule has 1 aliphatic rings. The van der Waals surface area contributed by atoms with E-state index < -0.39 is 0 Å². The summed E-state index contributed by atoms with van der Waals surface area (Å²) in [7, 11) is 0. The minimum absolute atomic E-state index is 0.0166. The van der Waals surface area contributed by atoms with Crippen LogP contribution in [-0.4, -0.2) is 21.9 Å². The Balaban J connectivity index is 2.02. The van der Waals surface area contributed by atoms with E-state index in [1.165, 1.54) is 0 Å². The van der Waals surface area contributed by atoms with Gasteiger partial charge in [-0.25, -0.2) is 4.98 Å². The van der Waals surface area contributed by atoms with E-state index in [9.17, 15) is 4.79 Å². The van der Waals surface area contributed by atoms with E-state index >= 15 is 0 Å². The minimum atomic E-state index is 0.0166. The number of thioether (sulfide) groups is 1. The molecule has 1 aromatic heterocycles. The molecule has 1 atom stereocenters. The highest BCUT2D eigenvalue weighted by atomic mass is 32.2. The summed E-state index contributed by atoms with van der Waals surface area (Å²) in [6.07, 6.45) is 3.68. The Morgan fingerprint density at radius 1 is 1.67 bits per heavy atom. The molecular formula is C10H13N3OS. The van der Waals surface area contributed by atoms with Gasteiger partial charge in [-0.3, -0.25) is 4.79 Å². The van der Waals surface area contributed by atoms with Crippen molar-refractivity contribution in [3.63, 3.8) is 0 Å². The average molecular weight is 223 g/mol. The van der Waals surface area contributed by atoms with Crippen LogP contribution in [0, 0.1) is 0 Å². The second-order valence-corrected chi connectivity index (χ2v) is 4.74. The monoisotopic (exact) mass is 223 g/mol. The molecule has 15 heavy (non-hydrogen) atoms. The molecule has 2 rings (SSSR count). The lowest BCUT2D eigenvalue weighted by Crippen LogP contribution is -2.23. The van der Waals surface area contributed by atoms with Crippen LogP contribution >= 0.6 is 11.8 Å². The van der Waals surface area contributed by atoms with Crippen molar-refractivity contribution in [3.05, 3.63) is 18.3 Å². The summed E-state index contributed by atoms with van der Waals surface area (Å²) in [5.41, 5.74) is 6.19. The molecule has 0 saturated carbocycles. The van der Waals surface area contributed by atoms with E-state index in [2.05, 4.69) is 10.3 Å². The number of nitrogens with one attached hydrogen (secondary N) is 1. The summed E-state index contributed by atoms with van der Waals surface area (Å²) < 4.78 is 0. The van der Waals surface area contributed by atoms with Crippen molar-refractivity contribution in [2.45, 2.75) is 18.1 Å². The van der Waals surface area contributed by atoms with Crippen LogP contribution in [0.4, 0.5) is 11.5 Å². The highest BCUT2D eigenvalue weighted by Gasteiger charge is 2.23. The van der Waals surface area contributed by atoms with Crippen LogP contribution in [0.15, 0.2) is 18.3 Å². The number of rotatable bonds is 2. The lowest BCUT2D eigenvalue weighted by atomic mass is 10.2. The van der Waals surface area contributed by atoms with Crippen LogP contribution in [0.3, 0.4) is 0 Å². The first kappa shape index (κ1) is 10.3. The number of nitrogens with two attached hydrogens (primary N) is 1. The van der Waals surface area contributed by atoms with Gasteiger partial charge in [0.1, 0.15) is 0 Å². The van der Waals surface area contributed by atoms with E-state index in [0.717, 1.165) is 18.6 Å². The van der Waals surface area contributed by atoms with Crippen LogP contribution in [0.2, 0.25) is 0 Å². The first-order chi connectivity index (χ1) is 7.27. The first-order valence-corrected chi connectivity index (χ1v) is 5.95. The summed E-state index contributed by atoms with van der Waals surface area (Å²) in [6.45, 7) is 0. The van der Waals surface area contributed by atoms with Crippen molar-refractivity contribution in [1.29, 1.82) is 0 Å². The lowest BCUT2D eigenvalue weighted by Gasteiger charge is -2.10. The van der Waals surface area contributed by atoms with Crippen molar-refractivity contribution in [2.24, 2.45) is 0 Å². The van der Waals surface area contributed by atoms with Gasteiger partial charge in [-0.15, -0.1) is 11.8 Å². The Bertz CT molecular complexity index is 363. The van der Waals surface area contributed by atoms with Crippen LogP contribution in [0.5, 0.6) is 0 Å². The van der Waals surface area contributed by atoms with E-state index in [1.807, 2.05) is 0 Å². The van der Waals surface area contributed by atoms with Gasteiger partial charge in [0.15, 0.2) is 5.82 Å². The smallest absolute Gasteiger partial charge is 0.238 e. The fourth-order valence-electron chi connectivity index (χ4n) is 1.50. The molecule has 0 radical (unpaired) electrons. The number of nitrogens with zero attached hydrogens (tertiary/aromatic N) is 1. The zero-order valence-corrected chi connectivity index (χ0v) is 9.09. The zero-order valence-electron chi connectivity index (χ0n) is 8.27. The Kier molecular flexibility index (Phi) is 3.11. The Morgan fingerprint density at radius 2 is 2.53 bits per heavy atom. The van der Waals surface area contributed by atoms with Crippen LogP contribution in [-0.2, 0) is 4.79 Å². The van der Waals surface area contributed by atoms with Crippen LogP contribution in [0.1, 0.15) is 12.8 Å². The van der Waals surface area contributed by atoms with Crippen LogP contribution < -0.4 is 11.1 Å². The highest BCUT2D eigenvalue weighted by molar-refractivity contribution is 8.00. The van der Waals surface area contributed by atoms with Gasteiger partial charge in [0.2, 0.25) is 5.91 Å². The third kappa shape index (κ3) is 2.41. The fourth-order valence-corrected chi connectivity index (χ4v) is 2.67. The van der Waals surface area contributed by atoms with Crippen molar-refractivity contribution >= 4 is 29.2 Å². The molecule has 4 nitrogen and oxygen atoms in total. The highest BCUT2D eigenvalue weighted by Crippen LogP contribution is 2.27. The molecule has 3 N–H and O–H groups in total. The minimum Gasteiger partial charge on any atom is -0.396 e. The summed E-state index contributed by atoms with van der Waals surface area (Å²) in [6, 6.07) is 3.47. The summed E-state index contributed by atoms with van der Waals surface area (Å²) in [4.78, 5) is 15.8. The summed E-state index contributed by atoms with van der Waals surface area (Å²) in [5.74, 6) is 1.55. The SMILES string of the molecule is Nc1cccnc1NC(=O)C1CCCS1. The summed E-state index contributed by atoms with van der Waals surface area (Å²) >= 11 is 1.69. The van der Waals surface area contributed by atoms with Gasteiger partial charge in [-0.1, -0.05) is 0 Å². The van der Waals surface area contributed by atoms with Gasteiger partial charge < -0.3 is 11.1 Å². The van der Waals surface area contributed by atoms with E-state index in [-0.39, 0.29) is 11.2 Å².